The van der Waals surface area contributed by atoms with E-state index in [-0.39, 0.29) is 30.2 Å². The molecule has 0 radical (unpaired) electrons. The molecular weight excluding hydrogens is 402 g/mol. The summed E-state index contributed by atoms with van der Waals surface area (Å²) in [5.41, 5.74) is 0.854. The maximum Gasteiger partial charge on any atom is 0.246 e. The Balaban J connectivity index is 1.55. The fourth-order valence-electron chi connectivity index (χ4n) is 4.06. The number of amides is 3. The molecule has 6 nitrogen and oxygen atoms in total. The van der Waals surface area contributed by atoms with Crippen molar-refractivity contribution in [2.75, 3.05) is 32.7 Å². The van der Waals surface area contributed by atoms with E-state index >= 15 is 0 Å². The lowest BCUT2D eigenvalue weighted by Crippen LogP contribution is -2.43. The predicted molar refractivity (Wildman–Crippen MR) is 118 cm³/mol. The second kappa shape index (κ2) is 10.6. The number of likely N-dealkylation sites (tertiary alicyclic amines) is 1. The molecule has 3 amide bonds. The first kappa shape index (κ1) is 22.3. The summed E-state index contributed by atoms with van der Waals surface area (Å²) in [7, 11) is 0. The van der Waals surface area contributed by atoms with Crippen molar-refractivity contribution in [1.82, 2.24) is 14.7 Å². The lowest BCUT2D eigenvalue weighted by Gasteiger charge is -2.30. The molecule has 1 aromatic rings. The molecule has 2 heterocycles. The van der Waals surface area contributed by atoms with Gasteiger partial charge in [0.05, 0.1) is 0 Å². The topological polar surface area (TPSA) is 60.9 Å². The minimum Gasteiger partial charge on any atom is -0.343 e. The molecule has 2 aliphatic heterocycles. The molecular formula is C23H30ClN3O3. The predicted octanol–water partition coefficient (Wildman–Crippen LogP) is 3.21. The molecule has 0 aliphatic carbocycles. The third kappa shape index (κ3) is 6.08. The van der Waals surface area contributed by atoms with Gasteiger partial charge in [-0.25, -0.2) is 0 Å². The van der Waals surface area contributed by atoms with Gasteiger partial charge in [0.25, 0.3) is 0 Å². The molecule has 7 heteroatoms. The van der Waals surface area contributed by atoms with Gasteiger partial charge in [-0.05, 0) is 50.0 Å². The molecule has 1 atom stereocenters. The molecule has 0 N–H and O–H groups in total. The highest BCUT2D eigenvalue weighted by atomic mass is 35.5. The number of piperidine rings is 1. The number of carbonyl (C=O) groups is 3. The van der Waals surface area contributed by atoms with Gasteiger partial charge in [0.1, 0.15) is 0 Å². The molecule has 0 aromatic heterocycles. The van der Waals surface area contributed by atoms with E-state index in [0.29, 0.717) is 31.1 Å². The van der Waals surface area contributed by atoms with Crippen molar-refractivity contribution in [3.05, 3.63) is 40.9 Å². The highest BCUT2D eigenvalue weighted by molar-refractivity contribution is 6.30. The Morgan fingerprint density at radius 3 is 2.67 bits per heavy atom. The Kier molecular flexibility index (Phi) is 7.91. The first-order valence-corrected chi connectivity index (χ1v) is 11.1. The molecule has 2 aliphatic rings. The fraction of sp³-hybridized carbons (Fsp3) is 0.522. The lowest BCUT2D eigenvalue weighted by atomic mass is 10.1. The van der Waals surface area contributed by atoms with Crippen LogP contribution in [0.2, 0.25) is 5.02 Å². The molecule has 2 fully saturated rings. The van der Waals surface area contributed by atoms with Crippen LogP contribution in [-0.2, 0) is 14.4 Å². The average molecular weight is 432 g/mol. The number of carbonyl (C=O) groups excluding carboxylic acids is 3. The van der Waals surface area contributed by atoms with Gasteiger partial charge in [-0.2, -0.15) is 0 Å². The van der Waals surface area contributed by atoms with Crippen molar-refractivity contribution in [1.29, 1.82) is 0 Å². The third-order valence-corrected chi connectivity index (χ3v) is 6.03. The van der Waals surface area contributed by atoms with Gasteiger partial charge in [0, 0.05) is 62.7 Å². The quantitative estimate of drug-likeness (QED) is 0.672. The van der Waals surface area contributed by atoms with Crippen LogP contribution >= 0.6 is 11.6 Å². The Labute approximate surface area is 183 Å². The zero-order valence-corrected chi connectivity index (χ0v) is 18.3. The summed E-state index contributed by atoms with van der Waals surface area (Å²) >= 11 is 5.99. The molecule has 2 saturated heterocycles. The van der Waals surface area contributed by atoms with E-state index in [4.69, 9.17) is 11.6 Å². The van der Waals surface area contributed by atoms with Crippen molar-refractivity contribution in [3.63, 3.8) is 0 Å². The van der Waals surface area contributed by atoms with Gasteiger partial charge in [-0.15, -0.1) is 0 Å². The van der Waals surface area contributed by atoms with Crippen LogP contribution in [0.1, 0.15) is 44.6 Å². The number of rotatable bonds is 5. The van der Waals surface area contributed by atoms with Crippen molar-refractivity contribution in [3.8, 4) is 0 Å². The minimum atomic E-state index is -0.124. The summed E-state index contributed by atoms with van der Waals surface area (Å²) in [6.07, 6.45) is 7.20. The first-order valence-electron chi connectivity index (χ1n) is 10.7. The highest BCUT2D eigenvalue weighted by Gasteiger charge is 2.29. The summed E-state index contributed by atoms with van der Waals surface area (Å²) < 4.78 is 0. The van der Waals surface area contributed by atoms with Crippen LogP contribution in [0.4, 0.5) is 0 Å². The van der Waals surface area contributed by atoms with Crippen LogP contribution in [0.5, 0.6) is 0 Å². The maximum absolute atomic E-state index is 12.7. The van der Waals surface area contributed by atoms with Crippen LogP contribution < -0.4 is 0 Å². The van der Waals surface area contributed by atoms with Gasteiger partial charge in [0.2, 0.25) is 17.7 Å². The molecule has 0 saturated carbocycles. The smallest absolute Gasteiger partial charge is 0.246 e. The number of hydrogen-bond acceptors (Lipinski definition) is 3. The van der Waals surface area contributed by atoms with Gasteiger partial charge < -0.3 is 14.7 Å². The molecule has 1 unspecified atom stereocenters. The minimum absolute atomic E-state index is 0.00224. The monoisotopic (exact) mass is 431 g/mol. The third-order valence-electron chi connectivity index (χ3n) is 5.79. The highest BCUT2D eigenvalue weighted by Crippen LogP contribution is 2.16. The lowest BCUT2D eigenvalue weighted by molar-refractivity contribution is -0.134. The zero-order chi connectivity index (χ0) is 21.5. The molecule has 162 valence electrons. The van der Waals surface area contributed by atoms with Crippen molar-refractivity contribution < 1.29 is 14.4 Å². The summed E-state index contributed by atoms with van der Waals surface area (Å²) in [4.78, 5) is 43.1. The van der Waals surface area contributed by atoms with Crippen LogP contribution in [0.15, 0.2) is 30.3 Å². The van der Waals surface area contributed by atoms with Gasteiger partial charge in [0.15, 0.2) is 0 Å². The summed E-state index contributed by atoms with van der Waals surface area (Å²) in [5.74, 6) is 0.000668. The van der Waals surface area contributed by atoms with Gasteiger partial charge in [-0.1, -0.05) is 23.7 Å². The molecule has 0 spiro atoms. The molecule has 0 bridgehead atoms. The Hall–Kier alpha value is -2.34. The fourth-order valence-corrected chi connectivity index (χ4v) is 4.26. The second-order valence-corrected chi connectivity index (χ2v) is 8.49. The van der Waals surface area contributed by atoms with E-state index in [1.807, 2.05) is 24.0 Å². The Morgan fingerprint density at radius 2 is 1.93 bits per heavy atom. The molecule has 3 rings (SSSR count). The summed E-state index contributed by atoms with van der Waals surface area (Å²) in [5, 5.41) is 0.619. The summed E-state index contributed by atoms with van der Waals surface area (Å²) in [6.45, 7) is 4.84. The van der Waals surface area contributed by atoms with Crippen LogP contribution in [0, 0.1) is 0 Å². The maximum atomic E-state index is 12.7. The van der Waals surface area contributed by atoms with E-state index in [1.165, 1.54) is 12.5 Å². The average Bonchev–Trinajstić information content (AvgIpc) is 2.89. The van der Waals surface area contributed by atoms with Gasteiger partial charge >= 0.3 is 0 Å². The van der Waals surface area contributed by atoms with E-state index in [1.54, 1.807) is 28.0 Å². The van der Waals surface area contributed by atoms with Crippen molar-refractivity contribution in [2.24, 2.45) is 0 Å². The van der Waals surface area contributed by atoms with E-state index in [0.717, 1.165) is 31.5 Å². The number of benzene rings is 1. The number of nitrogens with zero attached hydrogens (tertiary/aromatic N) is 3. The zero-order valence-electron chi connectivity index (χ0n) is 17.6. The standard InChI is InChI=1S/C23H30ClN3O3/c1-18-17-26(14-10-21(28)25-12-3-2-4-13-25)22(29)11-15-27(18)23(30)9-8-19-6-5-7-20(24)16-19/h5-9,16,18H,2-4,10-15,17H2,1H3. The number of halogens is 1. The second-order valence-electron chi connectivity index (χ2n) is 8.05. The van der Waals surface area contributed by atoms with Crippen molar-refractivity contribution >= 4 is 35.4 Å². The van der Waals surface area contributed by atoms with Crippen molar-refractivity contribution in [2.45, 2.75) is 45.1 Å². The molecule has 1 aromatic carbocycles. The Bertz CT molecular complexity index is 805. The Morgan fingerprint density at radius 1 is 1.17 bits per heavy atom. The van der Waals surface area contributed by atoms with E-state index in [2.05, 4.69) is 0 Å². The number of hydrogen-bond donors (Lipinski definition) is 0. The van der Waals surface area contributed by atoms with Crippen LogP contribution in [0.25, 0.3) is 6.08 Å². The van der Waals surface area contributed by atoms with E-state index in [9.17, 15) is 14.4 Å². The normalized spacial score (nSPS) is 20.5. The SMILES string of the molecule is CC1CN(CCC(=O)N2CCCCC2)C(=O)CCN1C(=O)C=Cc1cccc(Cl)c1. The first-order chi connectivity index (χ1) is 14.4. The largest absolute Gasteiger partial charge is 0.343 e. The van der Waals surface area contributed by atoms with E-state index < -0.39 is 0 Å². The van der Waals surface area contributed by atoms with Gasteiger partial charge in [-0.3, -0.25) is 14.4 Å². The molecule has 30 heavy (non-hydrogen) atoms. The van der Waals surface area contributed by atoms with Crippen LogP contribution in [0.3, 0.4) is 0 Å². The van der Waals surface area contributed by atoms with Crippen LogP contribution in [-0.4, -0.2) is 71.2 Å². The summed E-state index contributed by atoms with van der Waals surface area (Å²) in [6, 6.07) is 7.18.